The fourth-order valence-corrected chi connectivity index (χ4v) is 2.05. The highest BCUT2D eigenvalue weighted by Gasteiger charge is 2.22. The summed E-state index contributed by atoms with van der Waals surface area (Å²) in [5.74, 6) is 1.05. The van der Waals surface area contributed by atoms with Crippen LogP contribution in [-0.4, -0.2) is 54.4 Å². The van der Waals surface area contributed by atoms with Gasteiger partial charge in [-0.1, -0.05) is 0 Å². The largest absolute Gasteiger partial charge is 0.381 e. The molecule has 1 aliphatic rings. The van der Waals surface area contributed by atoms with Gasteiger partial charge in [-0.3, -0.25) is 4.79 Å². The van der Waals surface area contributed by atoms with Crippen molar-refractivity contribution < 1.29 is 9.53 Å². The molecule has 1 amide bonds. The molecule has 2 atom stereocenters. The third-order valence-electron chi connectivity index (χ3n) is 3.34. The standard InChI is InChI=1S/C13H20N4O2/c1-9(10-6-7-19-8-10)14-12-5-4-11(15-16-12)13(18)17(2)3/h4-5,9-10H,6-8H2,1-3H3,(H,14,16). The molecule has 19 heavy (non-hydrogen) atoms. The van der Waals surface area contributed by atoms with E-state index in [4.69, 9.17) is 4.74 Å². The first-order valence-corrected chi connectivity index (χ1v) is 6.47. The molecule has 6 heteroatoms. The van der Waals surface area contributed by atoms with E-state index in [2.05, 4.69) is 22.4 Å². The minimum atomic E-state index is -0.142. The minimum absolute atomic E-state index is 0.142. The van der Waals surface area contributed by atoms with E-state index in [9.17, 15) is 4.79 Å². The number of carbonyl (C=O) groups excluding carboxylic acids is 1. The average molecular weight is 264 g/mol. The van der Waals surface area contributed by atoms with Crippen LogP contribution in [0.15, 0.2) is 12.1 Å². The first-order valence-electron chi connectivity index (χ1n) is 6.47. The Morgan fingerprint density at radius 2 is 2.26 bits per heavy atom. The Morgan fingerprint density at radius 1 is 1.47 bits per heavy atom. The van der Waals surface area contributed by atoms with E-state index in [-0.39, 0.29) is 11.9 Å². The molecule has 0 saturated carbocycles. The number of rotatable bonds is 4. The Labute approximate surface area is 113 Å². The third kappa shape index (κ3) is 3.41. The van der Waals surface area contributed by atoms with Crippen molar-refractivity contribution in [2.24, 2.45) is 5.92 Å². The van der Waals surface area contributed by atoms with Crippen LogP contribution in [0, 0.1) is 5.92 Å². The molecule has 2 heterocycles. The summed E-state index contributed by atoms with van der Waals surface area (Å²) >= 11 is 0. The zero-order valence-electron chi connectivity index (χ0n) is 11.6. The zero-order chi connectivity index (χ0) is 13.8. The number of ether oxygens (including phenoxy) is 1. The normalized spacial score (nSPS) is 20.1. The Hall–Kier alpha value is -1.69. The summed E-state index contributed by atoms with van der Waals surface area (Å²) in [5.41, 5.74) is 0.354. The maximum Gasteiger partial charge on any atom is 0.273 e. The summed E-state index contributed by atoms with van der Waals surface area (Å²) in [5, 5.41) is 11.3. The van der Waals surface area contributed by atoms with Crippen LogP contribution in [0.25, 0.3) is 0 Å². The second-order valence-corrected chi connectivity index (χ2v) is 5.06. The summed E-state index contributed by atoms with van der Waals surface area (Å²) < 4.78 is 5.37. The molecule has 1 aromatic heterocycles. The molecule has 6 nitrogen and oxygen atoms in total. The Morgan fingerprint density at radius 3 is 2.79 bits per heavy atom. The molecule has 0 aliphatic carbocycles. The van der Waals surface area contributed by atoms with Gasteiger partial charge in [0.25, 0.3) is 5.91 Å². The summed E-state index contributed by atoms with van der Waals surface area (Å²) in [6, 6.07) is 3.76. The number of anilines is 1. The number of hydrogen-bond donors (Lipinski definition) is 1. The monoisotopic (exact) mass is 264 g/mol. The molecule has 1 aliphatic heterocycles. The topological polar surface area (TPSA) is 67.4 Å². The van der Waals surface area contributed by atoms with E-state index in [1.807, 2.05) is 0 Å². The Bertz CT molecular complexity index is 427. The van der Waals surface area contributed by atoms with Crippen molar-refractivity contribution in [3.8, 4) is 0 Å². The lowest BCUT2D eigenvalue weighted by Crippen LogP contribution is -2.27. The van der Waals surface area contributed by atoms with Crippen LogP contribution >= 0.6 is 0 Å². The van der Waals surface area contributed by atoms with Gasteiger partial charge in [0.15, 0.2) is 5.69 Å². The average Bonchev–Trinajstić information content (AvgIpc) is 2.92. The number of hydrogen-bond acceptors (Lipinski definition) is 5. The van der Waals surface area contributed by atoms with E-state index in [1.54, 1.807) is 26.2 Å². The summed E-state index contributed by atoms with van der Waals surface area (Å²) in [7, 11) is 3.39. The predicted octanol–water partition coefficient (Wildman–Crippen LogP) is 1.02. The van der Waals surface area contributed by atoms with Gasteiger partial charge in [0.2, 0.25) is 0 Å². The molecule has 0 bridgehead atoms. The molecular weight excluding hydrogens is 244 g/mol. The van der Waals surface area contributed by atoms with Gasteiger partial charge in [0, 0.05) is 32.7 Å². The third-order valence-corrected chi connectivity index (χ3v) is 3.34. The maximum atomic E-state index is 11.7. The lowest BCUT2D eigenvalue weighted by atomic mass is 10.0. The van der Waals surface area contributed by atoms with Gasteiger partial charge < -0.3 is 15.0 Å². The molecule has 0 radical (unpaired) electrons. The molecule has 1 N–H and O–H groups in total. The molecular formula is C13H20N4O2. The van der Waals surface area contributed by atoms with Crippen molar-refractivity contribution in [1.82, 2.24) is 15.1 Å². The van der Waals surface area contributed by atoms with E-state index in [0.29, 0.717) is 17.4 Å². The van der Waals surface area contributed by atoms with Crippen LogP contribution in [0.5, 0.6) is 0 Å². The predicted molar refractivity (Wildman–Crippen MR) is 72.1 cm³/mol. The number of aromatic nitrogens is 2. The first kappa shape index (κ1) is 13.7. The minimum Gasteiger partial charge on any atom is -0.381 e. The van der Waals surface area contributed by atoms with Crippen molar-refractivity contribution in [1.29, 1.82) is 0 Å². The zero-order valence-corrected chi connectivity index (χ0v) is 11.6. The molecule has 2 rings (SSSR count). The van der Waals surface area contributed by atoms with Gasteiger partial charge in [-0.25, -0.2) is 0 Å². The van der Waals surface area contributed by atoms with Crippen molar-refractivity contribution in [3.05, 3.63) is 17.8 Å². The number of amides is 1. The van der Waals surface area contributed by atoms with Crippen LogP contribution in [0.1, 0.15) is 23.8 Å². The lowest BCUT2D eigenvalue weighted by molar-refractivity contribution is 0.0821. The van der Waals surface area contributed by atoms with Gasteiger partial charge >= 0.3 is 0 Å². The molecule has 1 fully saturated rings. The summed E-state index contributed by atoms with van der Waals surface area (Å²) in [6.45, 7) is 3.73. The van der Waals surface area contributed by atoms with Crippen LogP contribution < -0.4 is 5.32 Å². The van der Waals surface area contributed by atoms with Gasteiger partial charge in [-0.15, -0.1) is 10.2 Å². The van der Waals surface area contributed by atoms with Gasteiger partial charge in [0.05, 0.1) is 6.61 Å². The van der Waals surface area contributed by atoms with Crippen LogP contribution in [0.3, 0.4) is 0 Å². The molecule has 1 aromatic rings. The maximum absolute atomic E-state index is 11.7. The van der Waals surface area contributed by atoms with Crippen molar-refractivity contribution in [3.63, 3.8) is 0 Å². The Kier molecular flexibility index (Phi) is 4.31. The van der Waals surface area contributed by atoms with Crippen LogP contribution in [-0.2, 0) is 4.74 Å². The number of nitrogens with zero attached hydrogens (tertiary/aromatic N) is 3. The SMILES string of the molecule is CC(Nc1ccc(C(=O)N(C)C)nn1)C1CCOC1. The van der Waals surface area contributed by atoms with Crippen LogP contribution in [0.2, 0.25) is 0 Å². The molecule has 2 unspecified atom stereocenters. The van der Waals surface area contributed by atoms with E-state index in [1.165, 1.54) is 4.90 Å². The van der Waals surface area contributed by atoms with Crippen molar-refractivity contribution in [2.75, 3.05) is 32.6 Å². The fourth-order valence-electron chi connectivity index (χ4n) is 2.05. The summed E-state index contributed by atoms with van der Waals surface area (Å²) in [6.07, 6.45) is 1.07. The van der Waals surface area contributed by atoms with Gasteiger partial charge in [0.1, 0.15) is 5.82 Å². The quantitative estimate of drug-likeness (QED) is 0.879. The number of carbonyl (C=O) groups is 1. The van der Waals surface area contributed by atoms with Crippen molar-refractivity contribution >= 4 is 11.7 Å². The highest BCUT2D eigenvalue weighted by Crippen LogP contribution is 2.19. The molecule has 104 valence electrons. The highest BCUT2D eigenvalue weighted by atomic mass is 16.5. The highest BCUT2D eigenvalue weighted by molar-refractivity contribution is 5.91. The first-order chi connectivity index (χ1) is 9.08. The van der Waals surface area contributed by atoms with Crippen LogP contribution in [0.4, 0.5) is 5.82 Å². The summed E-state index contributed by atoms with van der Waals surface area (Å²) in [4.78, 5) is 13.2. The van der Waals surface area contributed by atoms with E-state index < -0.39 is 0 Å². The lowest BCUT2D eigenvalue weighted by Gasteiger charge is -2.19. The molecule has 0 spiro atoms. The van der Waals surface area contributed by atoms with E-state index in [0.717, 1.165) is 19.6 Å². The van der Waals surface area contributed by atoms with E-state index >= 15 is 0 Å². The van der Waals surface area contributed by atoms with Gasteiger partial charge in [-0.2, -0.15) is 0 Å². The smallest absolute Gasteiger partial charge is 0.273 e. The number of nitrogens with one attached hydrogen (secondary N) is 1. The van der Waals surface area contributed by atoms with Gasteiger partial charge in [-0.05, 0) is 25.5 Å². The fraction of sp³-hybridized carbons (Fsp3) is 0.615. The second-order valence-electron chi connectivity index (χ2n) is 5.06. The Balaban J connectivity index is 1.96. The molecule has 1 saturated heterocycles. The van der Waals surface area contributed by atoms with Crippen molar-refractivity contribution in [2.45, 2.75) is 19.4 Å². The molecule has 0 aromatic carbocycles. The second kappa shape index (κ2) is 5.97.